The van der Waals surface area contributed by atoms with Gasteiger partial charge in [0, 0.05) is 5.69 Å². The number of carbonyl (C=O) groups is 1. The molecule has 0 amide bonds. The third-order valence-electron chi connectivity index (χ3n) is 3.03. The van der Waals surface area contributed by atoms with E-state index < -0.39 is 5.97 Å². The molecule has 0 aromatic heterocycles. The largest absolute Gasteiger partial charge is 0.481 e. The Morgan fingerprint density at radius 3 is 3.07 bits per heavy atom. The first-order valence-corrected chi connectivity index (χ1v) is 5.27. The number of carboxylic acids is 1. The maximum atomic E-state index is 10.7. The maximum Gasteiger partial charge on any atom is 0.303 e. The van der Waals surface area contributed by atoms with E-state index >= 15 is 0 Å². The van der Waals surface area contributed by atoms with Crippen LogP contribution in [0.15, 0.2) is 18.2 Å². The number of hydrogen-bond donors (Lipinski definition) is 2. The number of carboxylic acid groups (broad SMARTS) is 1. The molecule has 0 radical (unpaired) electrons. The molecule has 1 aliphatic rings. The maximum absolute atomic E-state index is 10.7. The van der Waals surface area contributed by atoms with Crippen molar-refractivity contribution < 1.29 is 9.90 Å². The summed E-state index contributed by atoms with van der Waals surface area (Å²) in [6.07, 6.45) is 3.30. The van der Waals surface area contributed by atoms with Crippen molar-refractivity contribution in [2.24, 2.45) is 0 Å². The number of aryl methyl sites for hydroxylation is 1. The fraction of sp³-hybridized carbons (Fsp3) is 0.417. The average Bonchev–Trinajstić information content (AvgIpc) is 2.16. The van der Waals surface area contributed by atoms with Crippen molar-refractivity contribution in [2.75, 3.05) is 5.73 Å². The molecule has 3 N–H and O–H groups in total. The van der Waals surface area contributed by atoms with Crippen LogP contribution in [0, 0.1) is 0 Å². The van der Waals surface area contributed by atoms with Crippen LogP contribution in [0.3, 0.4) is 0 Å². The molecule has 3 nitrogen and oxygen atoms in total. The molecule has 1 aromatic carbocycles. The molecule has 15 heavy (non-hydrogen) atoms. The van der Waals surface area contributed by atoms with Crippen molar-refractivity contribution in [1.29, 1.82) is 0 Å². The SMILES string of the molecule is Nc1ccc2c(c1)CCCC2CC(=O)O. The molecule has 0 saturated carbocycles. The minimum Gasteiger partial charge on any atom is -0.481 e. The van der Waals surface area contributed by atoms with Crippen LogP contribution in [-0.4, -0.2) is 11.1 Å². The first-order chi connectivity index (χ1) is 7.16. The number of fused-ring (bicyclic) bond motifs is 1. The smallest absolute Gasteiger partial charge is 0.303 e. The van der Waals surface area contributed by atoms with Crippen molar-refractivity contribution in [1.82, 2.24) is 0 Å². The van der Waals surface area contributed by atoms with Gasteiger partial charge in [0.2, 0.25) is 0 Å². The van der Waals surface area contributed by atoms with Crippen molar-refractivity contribution >= 4 is 11.7 Å². The van der Waals surface area contributed by atoms with Gasteiger partial charge >= 0.3 is 5.97 Å². The summed E-state index contributed by atoms with van der Waals surface area (Å²) in [7, 11) is 0. The highest BCUT2D eigenvalue weighted by atomic mass is 16.4. The summed E-state index contributed by atoms with van der Waals surface area (Å²) in [5, 5.41) is 8.82. The first-order valence-electron chi connectivity index (χ1n) is 5.27. The zero-order chi connectivity index (χ0) is 10.8. The standard InChI is InChI=1S/C12H15NO2/c13-10-4-5-11-8(6-10)2-1-3-9(11)7-12(14)15/h4-6,9H,1-3,7,13H2,(H,14,15). The topological polar surface area (TPSA) is 63.3 Å². The molecular weight excluding hydrogens is 190 g/mol. The van der Waals surface area contributed by atoms with Gasteiger partial charge in [-0.3, -0.25) is 4.79 Å². The third-order valence-corrected chi connectivity index (χ3v) is 3.03. The average molecular weight is 205 g/mol. The Labute approximate surface area is 88.9 Å². The van der Waals surface area contributed by atoms with Gasteiger partial charge in [-0.1, -0.05) is 6.07 Å². The first kappa shape index (κ1) is 10.0. The highest BCUT2D eigenvalue weighted by Crippen LogP contribution is 2.34. The van der Waals surface area contributed by atoms with E-state index in [-0.39, 0.29) is 12.3 Å². The highest BCUT2D eigenvalue weighted by molar-refractivity contribution is 5.68. The lowest BCUT2D eigenvalue weighted by atomic mass is 9.81. The molecule has 1 aromatic rings. The zero-order valence-corrected chi connectivity index (χ0v) is 8.57. The van der Waals surface area contributed by atoms with Crippen LogP contribution >= 0.6 is 0 Å². The summed E-state index contributed by atoms with van der Waals surface area (Å²) in [6.45, 7) is 0. The number of hydrogen-bond acceptors (Lipinski definition) is 2. The van der Waals surface area contributed by atoms with E-state index in [0.29, 0.717) is 0 Å². The Hall–Kier alpha value is -1.51. The molecule has 3 heteroatoms. The van der Waals surface area contributed by atoms with Crippen LogP contribution in [0.2, 0.25) is 0 Å². The number of nitrogen functional groups attached to an aromatic ring is 1. The van der Waals surface area contributed by atoms with Crippen LogP contribution in [0.4, 0.5) is 5.69 Å². The van der Waals surface area contributed by atoms with Gasteiger partial charge in [-0.15, -0.1) is 0 Å². The van der Waals surface area contributed by atoms with Gasteiger partial charge in [0.25, 0.3) is 0 Å². The van der Waals surface area contributed by atoms with Crippen LogP contribution in [0.5, 0.6) is 0 Å². The van der Waals surface area contributed by atoms with Crippen LogP contribution in [-0.2, 0) is 11.2 Å². The van der Waals surface area contributed by atoms with E-state index in [2.05, 4.69) is 0 Å². The fourth-order valence-corrected chi connectivity index (χ4v) is 2.36. The second-order valence-electron chi connectivity index (χ2n) is 4.15. The molecule has 0 aliphatic heterocycles. The van der Waals surface area contributed by atoms with E-state index in [0.717, 1.165) is 24.9 Å². The lowest BCUT2D eigenvalue weighted by molar-refractivity contribution is -0.137. The fourth-order valence-electron chi connectivity index (χ4n) is 2.36. The molecule has 2 rings (SSSR count). The van der Waals surface area contributed by atoms with Gasteiger partial charge in [0.1, 0.15) is 0 Å². The molecule has 0 heterocycles. The Morgan fingerprint density at radius 2 is 2.33 bits per heavy atom. The van der Waals surface area contributed by atoms with E-state index in [1.54, 1.807) is 0 Å². The summed E-state index contributed by atoms with van der Waals surface area (Å²) < 4.78 is 0. The van der Waals surface area contributed by atoms with Crippen LogP contribution in [0.1, 0.15) is 36.3 Å². The van der Waals surface area contributed by atoms with Crippen molar-refractivity contribution in [3.05, 3.63) is 29.3 Å². The van der Waals surface area contributed by atoms with Gasteiger partial charge in [0.05, 0.1) is 6.42 Å². The summed E-state index contributed by atoms with van der Waals surface area (Å²) in [6, 6.07) is 5.82. The van der Waals surface area contributed by atoms with E-state index in [4.69, 9.17) is 10.8 Å². The molecule has 0 fully saturated rings. The second kappa shape index (κ2) is 3.93. The minimum atomic E-state index is -0.718. The Kier molecular flexibility index (Phi) is 2.62. The molecule has 80 valence electrons. The summed E-state index contributed by atoms with van der Waals surface area (Å²) in [5.41, 5.74) is 8.89. The molecule has 0 spiro atoms. The van der Waals surface area contributed by atoms with Gasteiger partial charge in [-0.2, -0.15) is 0 Å². The van der Waals surface area contributed by atoms with Crippen LogP contribution in [0.25, 0.3) is 0 Å². The molecular formula is C12H15NO2. The summed E-state index contributed by atoms with van der Waals surface area (Å²) in [4.78, 5) is 10.7. The lowest BCUT2D eigenvalue weighted by Gasteiger charge is -2.24. The normalized spacial score (nSPS) is 19.6. The lowest BCUT2D eigenvalue weighted by Crippen LogP contribution is -2.13. The summed E-state index contributed by atoms with van der Waals surface area (Å²) in [5.74, 6) is -0.545. The van der Waals surface area contributed by atoms with Gasteiger partial charge in [-0.05, 0) is 48.4 Å². The van der Waals surface area contributed by atoms with Crippen LogP contribution < -0.4 is 5.73 Å². The van der Waals surface area contributed by atoms with Gasteiger partial charge in [0.15, 0.2) is 0 Å². The second-order valence-corrected chi connectivity index (χ2v) is 4.15. The molecule has 1 aliphatic carbocycles. The van der Waals surface area contributed by atoms with Crippen molar-refractivity contribution in [2.45, 2.75) is 31.6 Å². The number of anilines is 1. The molecule has 1 unspecified atom stereocenters. The minimum absolute atomic E-state index is 0.173. The molecule has 1 atom stereocenters. The van der Waals surface area contributed by atoms with Crippen molar-refractivity contribution in [3.63, 3.8) is 0 Å². The van der Waals surface area contributed by atoms with E-state index in [1.807, 2.05) is 18.2 Å². The quantitative estimate of drug-likeness (QED) is 0.727. The number of aliphatic carboxylic acids is 1. The van der Waals surface area contributed by atoms with Crippen molar-refractivity contribution in [3.8, 4) is 0 Å². The highest BCUT2D eigenvalue weighted by Gasteiger charge is 2.22. The predicted octanol–water partition coefficient (Wildman–Crippen LogP) is 2.16. The zero-order valence-electron chi connectivity index (χ0n) is 8.57. The number of benzene rings is 1. The third kappa shape index (κ3) is 2.12. The monoisotopic (exact) mass is 205 g/mol. The van der Waals surface area contributed by atoms with E-state index in [1.165, 1.54) is 11.1 Å². The predicted molar refractivity (Wildman–Crippen MR) is 58.8 cm³/mol. The van der Waals surface area contributed by atoms with E-state index in [9.17, 15) is 4.79 Å². The Bertz CT molecular complexity index is 387. The number of rotatable bonds is 2. The van der Waals surface area contributed by atoms with Gasteiger partial charge < -0.3 is 10.8 Å². The Morgan fingerprint density at radius 1 is 1.53 bits per heavy atom. The van der Waals surface area contributed by atoms with Gasteiger partial charge in [-0.25, -0.2) is 0 Å². The Balaban J connectivity index is 2.30. The molecule has 0 bridgehead atoms. The summed E-state index contributed by atoms with van der Waals surface area (Å²) >= 11 is 0. The molecule has 0 saturated heterocycles. The number of nitrogens with two attached hydrogens (primary N) is 1.